The molecule has 0 amide bonds. The summed E-state index contributed by atoms with van der Waals surface area (Å²) in [6.45, 7) is 0. The summed E-state index contributed by atoms with van der Waals surface area (Å²) in [5, 5.41) is 0.806. The summed E-state index contributed by atoms with van der Waals surface area (Å²) in [5.41, 5.74) is 4.32. The molecular weight excluding hydrogens is 279 g/mol. The fraction of sp³-hybridized carbons (Fsp3) is 0. The lowest BCUT2D eigenvalue weighted by Gasteiger charge is -2.21. The molecule has 1 aliphatic rings. The van der Waals surface area contributed by atoms with E-state index in [0.717, 1.165) is 27.6 Å². The van der Waals surface area contributed by atoms with E-state index in [2.05, 4.69) is 18.2 Å². The quantitative estimate of drug-likeness (QED) is 0.617. The molecule has 1 unspecified atom stereocenters. The molecule has 21 heavy (non-hydrogen) atoms. The second-order valence-corrected chi connectivity index (χ2v) is 6.33. The number of rotatable bonds is 1. The Morgan fingerprint density at radius 2 is 1.48 bits per heavy atom. The van der Waals surface area contributed by atoms with Crippen LogP contribution < -0.4 is 9.83 Å². The van der Waals surface area contributed by atoms with Gasteiger partial charge in [0, 0.05) is 5.56 Å². The van der Waals surface area contributed by atoms with Crippen LogP contribution in [0.15, 0.2) is 72.8 Å². The molecule has 0 radical (unpaired) electrons. The predicted molar refractivity (Wildman–Crippen MR) is 86.6 cm³/mol. The molecule has 0 spiro atoms. The van der Waals surface area contributed by atoms with Crippen molar-refractivity contribution >= 4 is 13.3 Å². The van der Waals surface area contributed by atoms with Crippen LogP contribution in [0.2, 0.25) is 0 Å². The molecule has 0 bridgehead atoms. The van der Waals surface area contributed by atoms with Crippen molar-refractivity contribution < 1.29 is 9.09 Å². The highest BCUT2D eigenvalue weighted by Crippen LogP contribution is 2.43. The molecule has 0 aliphatic carbocycles. The van der Waals surface area contributed by atoms with Crippen LogP contribution in [0.25, 0.3) is 22.3 Å². The highest BCUT2D eigenvalue weighted by atomic mass is 31.1. The Labute approximate surface area is 123 Å². The van der Waals surface area contributed by atoms with E-state index in [0.29, 0.717) is 5.75 Å². The van der Waals surface area contributed by atoms with Gasteiger partial charge in [0.05, 0.1) is 5.30 Å². The highest BCUT2D eigenvalue weighted by Gasteiger charge is 2.22. The summed E-state index contributed by atoms with van der Waals surface area (Å²) in [6.07, 6.45) is 0. The Bertz CT molecular complexity index is 841. The fourth-order valence-electron chi connectivity index (χ4n) is 2.69. The molecule has 0 N–H and O–H groups in total. The van der Waals surface area contributed by atoms with Crippen LogP contribution in [0, 0.1) is 0 Å². The number of fused-ring (bicyclic) bond motifs is 3. The van der Waals surface area contributed by atoms with E-state index in [1.54, 1.807) is 0 Å². The van der Waals surface area contributed by atoms with E-state index in [4.69, 9.17) is 4.52 Å². The minimum absolute atomic E-state index is 0.706. The van der Waals surface area contributed by atoms with Crippen molar-refractivity contribution in [3.8, 4) is 28.0 Å². The molecule has 1 atom stereocenters. The van der Waals surface area contributed by atoms with E-state index >= 15 is 0 Å². The summed E-state index contributed by atoms with van der Waals surface area (Å²) >= 11 is 0. The van der Waals surface area contributed by atoms with E-state index in [1.807, 2.05) is 54.6 Å². The molecule has 0 saturated heterocycles. The van der Waals surface area contributed by atoms with Crippen LogP contribution in [0.1, 0.15) is 0 Å². The zero-order valence-electron chi connectivity index (χ0n) is 11.2. The van der Waals surface area contributed by atoms with Gasteiger partial charge < -0.3 is 4.52 Å². The van der Waals surface area contributed by atoms with Crippen LogP contribution in [-0.4, -0.2) is 0 Å². The van der Waals surface area contributed by atoms with Gasteiger partial charge in [-0.1, -0.05) is 54.6 Å². The average molecular weight is 292 g/mol. The van der Waals surface area contributed by atoms with Gasteiger partial charge in [0.25, 0.3) is 8.03 Å². The Morgan fingerprint density at radius 1 is 0.714 bits per heavy atom. The van der Waals surface area contributed by atoms with Gasteiger partial charge in [-0.15, -0.1) is 0 Å². The lowest BCUT2D eigenvalue weighted by Crippen LogP contribution is -2.09. The first-order chi connectivity index (χ1) is 10.3. The molecule has 1 heterocycles. The molecule has 0 fully saturated rings. The minimum Gasteiger partial charge on any atom is -0.441 e. The van der Waals surface area contributed by atoms with Gasteiger partial charge >= 0.3 is 0 Å². The van der Waals surface area contributed by atoms with E-state index in [-0.39, 0.29) is 0 Å². The maximum atomic E-state index is 12.2. The number of hydrogen-bond acceptors (Lipinski definition) is 2. The van der Waals surface area contributed by atoms with Gasteiger partial charge in [-0.05, 0) is 34.9 Å². The zero-order valence-corrected chi connectivity index (χ0v) is 12.2. The van der Waals surface area contributed by atoms with Crippen molar-refractivity contribution in [1.29, 1.82) is 0 Å². The smallest absolute Gasteiger partial charge is 0.266 e. The molecular formula is C18H13O2P. The summed E-state index contributed by atoms with van der Waals surface area (Å²) in [7, 11) is -2.19. The van der Waals surface area contributed by atoms with Crippen molar-refractivity contribution in [3.05, 3.63) is 72.8 Å². The molecule has 2 nitrogen and oxygen atoms in total. The van der Waals surface area contributed by atoms with Crippen molar-refractivity contribution in [3.63, 3.8) is 0 Å². The van der Waals surface area contributed by atoms with Gasteiger partial charge in [0.1, 0.15) is 5.75 Å². The predicted octanol–water partition coefficient (Wildman–Crippen LogP) is 4.51. The Morgan fingerprint density at radius 3 is 2.33 bits per heavy atom. The van der Waals surface area contributed by atoms with Gasteiger partial charge in [-0.2, -0.15) is 0 Å². The molecule has 3 aromatic carbocycles. The molecule has 4 rings (SSSR count). The first kappa shape index (κ1) is 12.4. The van der Waals surface area contributed by atoms with Gasteiger partial charge in [0.15, 0.2) is 0 Å². The van der Waals surface area contributed by atoms with Crippen molar-refractivity contribution in [2.45, 2.75) is 0 Å². The van der Waals surface area contributed by atoms with Crippen LogP contribution >= 0.6 is 8.03 Å². The summed E-state index contributed by atoms with van der Waals surface area (Å²) < 4.78 is 17.8. The van der Waals surface area contributed by atoms with E-state index in [1.165, 1.54) is 0 Å². The maximum Gasteiger partial charge on any atom is 0.266 e. The third kappa shape index (κ3) is 2.09. The van der Waals surface area contributed by atoms with Crippen LogP contribution in [0.4, 0.5) is 0 Å². The third-order valence-electron chi connectivity index (χ3n) is 3.73. The van der Waals surface area contributed by atoms with E-state index in [9.17, 15) is 4.57 Å². The summed E-state index contributed by atoms with van der Waals surface area (Å²) in [4.78, 5) is 0. The van der Waals surface area contributed by atoms with Gasteiger partial charge in [-0.3, -0.25) is 4.57 Å². The van der Waals surface area contributed by atoms with Crippen molar-refractivity contribution in [1.82, 2.24) is 0 Å². The lowest BCUT2D eigenvalue weighted by molar-refractivity contribution is 0.513. The van der Waals surface area contributed by atoms with Crippen LogP contribution in [-0.2, 0) is 4.57 Å². The molecule has 3 aromatic rings. The number of hydrogen-bond donors (Lipinski definition) is 0. The molecule has 1 aliphatic heterocycles. The van der Waals surface area contributed by atoms with Gasteiger partial charge in [-0.25, -0.2) is 0 Å². The topological polar surface area (TPSA) is 26.3 Å². The standard InChI is InChI=1S/C18H13O2P/c19-21-18-9-5-4-8-15(18)16-12-14(10-11-17(16)20-21)13-6-2-1-3-7-13/h1-12,21H. The molecule has 3 heteroatoms. The summed E-state index contributed by atoms with van der Waals surface area (Å²) in [5.74, 6) is 0.706. The Kier molecular flexibility index (Phi) is 2.90. The largest absolute Gasteiger partial charge is 0.441 e. The fourth-order valence-corrected chi connectivity index (χ4v) is 3.85. The maximum absolute atomic E-state index is 12.2. The first-order valence-electron chi connectivity index (χ1n) is 6.84. The lowest BCUT2D eigenvalue weighted by atomic mass is 9.98. The Hall–Kier alpha value is -2.31. The molecule has 0 saturated carbocycles. The molecule has 102 valence electrons. The highest BCUT2D eigenvalue weighted by molar-refractivity contribution is 7.49. The molecule has 0 aromatic heterocycles. The summed E-state index contributed by atoms with van der Waals surface area (Å²) in [6, 6.07) is 24.0. The SMILES string of the molecule is O=[PH]1Oc2ccc(-c3ccccc3)cc2-c2ccccc21. The zero-order chi connectivity index (χ0) is 14.2. The number of benzene rings is 3. The van der Waals surface area contributed by atoms with Crippen molar-refractivity contribution in [2.75, 3.05) is 0 Å². The Balaban J connectivity index is 1.92. The van der Waals surface area contributed by atoms with Gasteiger partial charge in [0.2, 0.25) is 0 Å². The average Bonchev–Trinajstić information content (AvgIpc) is 2.56. The third-order valence-corrected chi connectivity index (χ3v) is 5.01. The van der Waals surface area contributed by atoms with Crippen LogP contribution in [0.3, 0.4) is 0 Å². The first-order valence-corrected chi connectivity index (χ1v) is 8.15. The second kappa shape index (κ2) is 4.91. The van der Waals surface area contributed by atoms with E-state index < -0.39 is 8.03 Å². The monoisotopic (exact) mass is 292 g/mol. The van der Waals surface area contributed by atoms with Crippen LogP contribution in [0.5, 0.6) is 5.75 Å². The normalized spacial score (nSPS) is 15.7. The van der Waals surface area contributed by atoms with Crippen molar-refractivity contribution in [2.24, 2.45) is 0 Å². The minimum atomic E-state index is -2.19. The second-order valence-electron chi connectivity index (χ2n) is 5.01.